The van der Waals surface area contributed by atoms with Crippen LogP contribution in [0.2, 0.25) is 0 Å². The van der Waals surface area contributed by atoms with Crippen molar-refractivity contribution in [3.63, 3.8) is 0 Å². The van der Waals surface area contributed by atoms with Gasteiger partial charge in [-0.05, 0) is 51.4 Å². The molecule has 1 aliphatic heterocycles. The maximum absolute atomic E-state index is 13.2. The van der Waals surface area contributed by atoms with Gasteiger partial charge in [0.15, 0.2) is 24.6 Å². The average molecular weight is 1150 g/mol. The van der Waals surface area contributed by atoms with Gasteiger partial charge in [-0.1, -0.05) is 295 Å². The van der Waals surface area contributed by atoms with Gasteiger partial charge in [-0.2, -0.15) is 0 Å². The minimum Gasteiger partial charge on any atom is -0.479 e. The summed E-state index contributed by atoms with van der Waals surface area (Å²) in [4.78, 5) is 51.4. The van der Waals surface area contributed by atoms with Crippen molar-refractivity contribution in [1.29, 1.82) is 0 Å². The van der Waals surface area contributed by atoms with E-state index in [2.05, 4.69) is 57.2 Å². The lowest BCUT2D eigenvalue weighted by Crippen LogP contribution is -2.61. The predicted molar refractivity (Wildman–Crippen MR) is 331 cm³/mol. The van der Waals surface area contributed by atoms with Gasteiger partial charge in [0.05, 0.1) is 6.61 Å². The summed E-state index contributed by atoms with van der Waals surface area (Å²) >= 11 is 0. The van der Waals surface area contributed by atoms with Crippen molar-refractivity contribution >= 4 is 23.9 Å². The summed E-state index contributed by atoms with van der Waals surface area (Å²) in [5, 5.41) is 31.6. The van der Waals surface area contributed by atoms with E-state index in [0.29, 0.717) is 19.3 Å². The Labute approximate surface area is 495 Å². The van der Waals surface area contributed by atoms with Crippen LogP contribution in [0.25, 0.3) is 0 Å². The van der Waals surface area contributed by atoms with Crippen LogP contribution in [-0.4, -0.2) is 89.2 Å². The molecular weight excluding hydrogens is 1020 g/mol. The first kappa shape index (κ1) is 76.0. The highest BCUT2D eigenvalue weighted by Crippen LogP contribution is 2.27. The van der Waals surface area contributed by atoms with Gasteiger partial charge in [-0.25, -0.2) is 4.79 Å². The van der Waals surface area contributed by atoms with Crippen molar-refractivity contribution in [3.8, 4) is 0 Å². The van der Waals surface area contributed by atoms with Crippen LogP contribution >= 0.6 is 0 Å². The van der Waals surface area contributed by atoms with Crippen molar-refractivity contribution in [2.24, 2.45) is 0 Å². The van der Waals surface area contributed by atoms with Crippen LogP contribution in [0.3, 0.4) is 0 Å². The number of hydrogen-bond acceptors (Lipinski definition) is 11. The van der Waals surface area contributed by atoms with E-state index < -0.39 is 67.3 Å². The molecule has 3 N–H and O–H groups in total. The van der Waals surface area contributed by atoms with Gasteiger partial charge in [0, 0.05) is 19.3 Å². The Kier molecular flexibility index (Phi) is 53.8. The molecule has 0 aromatic rings. The first-order valence-electron chi connectivity index (χ1n) is 34.0. The van der Waals surface area contributed by atoms with Gasteiger partial charge in [-0.15, -0.1) is 0 Å². The number of carboxylic acids is 1. The number of carbonyl (C=O) groups is 4. The van der Waals surface area contributed by atoms with Crippen molar-refractivity contribution in [2.45, 2.75) is 366 Å². The molecule has 6 atom stereocenters. The molecule has 0 amide bonds. The molecule has 12 heteroatoms. The molecular formula is C69H124O12. The Morgan fingerprint density at radius 3 is 1.19 bits per heavy atom. The van der Waals surface area contributed by atoms with Crippen molar-refractivity contribution in [1.82, 2.24) is 0 Å². The Morgan fingerprint density at radius 2 is 0.778 bits per heavy atom. The molecule has 0 bridgehead atoms. The number of carbonyl (C=O) groups excluding carboxylic acids is 3. The maximum Gasteiger partial charge on any atom is 0.335 e. The van der Waals surface area contributed by atoms with E-state index >= 15 is 0 Å². The molecule has 6 unspecified atom stereocenters. The second-order valence-corrected chi connectivity index (χ2v) is 23.4. The molecule has 12 nitrogen and oxygen atoms in total. The average Bonchev–Trinajstić information content (AvgIpc) is 3.53. The van der Waals surface area contributed by atoms with E-state index in [0.717, 1.165) is 89.9 Å². The zero-order chi connectivity index (χ0) is 58.9. The standard InChI is InChI=1S/C69H124O12/c1-4-7-10-13-16-19-22-25-28-31-34-37-40-43-46-49-52-55-61(70)77-58-60(79-62(71)56-53-50-47-44-41-38-35-32-29-26-23-20-17-14-11-8-5-2)59-78-69-67(65(74)64(73)66(81-69)68(75)76)80-63(72)57-54-51-48-45-42-39-36-33-30-27-24-21-18-15-12-9-6-3/h7,10,16,19,25,28,60,64-67,69,73-74H,4-6,8-9,11-15,17-18,20-24,26-27,29-59H2,1-3H3,(H,75,76)/b10-7-,19-16-,28-25-. The normalized spacial score (nSPS) is 17.9. The quantitative estimate of drug-likeness (QED) is 0.0228. The monoisotopic (exact) mass is 1140 g/mol. The van der Waals surface area contributed by atoms with Crippen molar-refractivity contribution in [2.75, 3.05) is 13.2 Å². The molecule has 0 radical (unpaired) electrons. The lowest BCUT2D eigenvalue weighted by molar-refractivity contribution is -0.301. The largest absolute Gasteiger partial charge is 0.479 e. The molecule has 1 saturated heterocycles. The summed E-state index contributed by atoms with van der Waals surface area (Å²) in [6.45, 7) is 5.94. The van der Waals surface area contributed by atoms with E-state index in [1.165, 1.54) is 180 Å². The van der Waals surface area contributed by atoms with E-state index in [1.54, 1.807) is 0 Å². The topological polar surface area (TPSA) is 175 Å². The summed E-state index contributed by atoms with van der Waals surface area (Å²) in [7, 11) is 0. The van der Waals surface area contributed by atoms with Gasteiger partial charge in [0.1, 0.15) is 18.8 Å². The Morgan fingerprint density at radius 1 is 0.420 bits per heavy atom. The van der Waals surface area contributed by atoms with Crippen LogP contribution in [-0.2, 0) is 42.9 Å². The molecule has 472 valence electrons. The number of aliphatic carboxylic acids is 1. The highest BCUT2D eigenvalue weighted by atomic mass is 16.7. The van der Waals surface area contributed by atoms with Crippen LogP contribution in [0.1, 0.15) is 329 Å². The summed E-state index contributed by atoms with van der Waals surface area (Å²) < 4.78 is 28.6. The molecule has 0 aromatic carbocycles. The third-order valence-electron chi connectivity index (χ3n) is 15.7. The van der Waals surface area contributed by atoms with Crippen molar-refractivity contribution in [3.05, 3.63) is 36.5 Å². The van der Waals surface area contributed by atoms with Crippen LogP contribution in [0.15, 0.2) is 36.5 Å². The van der Waals surface area contributed by atoms with Crippen LogP contribution in [0, 0.1) is 0 Å². The number of carboxylic acid groups (broad SMARTS) is 1. The zero-order valence-corrected chi connectivity index (χ0v) is 52.3. The Balaban J connectivity index is 2.63. The van der Waals surface area contributed by atoms with E-state index in [4.69, 9.17) is 23.7 Å². The van der Waals surface area contributed by atoms with Gasteiger partial charge in [0.2, 0.25) is 0 Å². The summed E-state index contributed by atoms with van der Waals surface area (Å²) in [5.41, 5.74) is 0. The fraction of sp³-hybridized carbons (Fsp3) is 0.855. The Bertz CT molecular complexity index is 1550. The lowest BCUT2D eigenvalue weighted by Gasteiger charge is -2.40. The second-order valence-electron chi connectivity index (χ2n) is 23.4. The van der Waals surface area contributed by atoms with E-state index in [-0.39, 0.29) is 25.9 Å². The Hall–Kier alpha value is -3.06. The highest BCUT2D eigenvalue weighted by molar-refractivity contribution is 5.74. The summed E-state index contributed by atoms with van der Waals surface area (Å²) in [6.07, 6.45) is 56.7. The minimum absolute atomic E-state index is 0.0663. The van der Waals surface area contributed by atoms with Gasteiger partial charge in [0.25, 0.3) is 0 Å². The smallest absolute Gasteiger partial charge is 0.335 e. The SMILES string of the molecule is CC/C=C\C/C=C\C/C=C\CCCCCCCCCC(=O)OCC(COC1OC(C(=O)O)C(O)C(O)C1OC(=O)CCCCCCCCCCCCCCCCCCC)OC(=O)CCCCCCCCCCCCCCCCCCC. The van der Waals surface area contributed by atoms with Gasteiger partial charge < -0.3 is 39.0 Å². The number of unbranched alkanes of at least 4 members (excludes halogenated alkanes) is 39. The zero-order valence-electron chi connectivity index (χ0n) is 52.3. The number of aliphatic hydroxyl groups is 2. The predicted octanol–water partition coefficient (Wildman–Crippen LogP) is 18.4. The number of aliphatic hydroxyl groups excluding tert-OH is 2. The maximum atomic E-state index is 13.2. The van der Waals surface area contributed by atoms with Gasteiger partial charge >= 0.3 is 23.9 Å². The minimum atomic E-state index is -1.90. The van der Waals surface area contributed by atoms with Gasteiger partial charge in [-0.3, -0.25) is 14.4 Å². The fourth-order valence-electron chi connectivity index (χ4n) is 10.6. The number of rotatable bonds is 59. The molecule has 81 heavy (non-hydrogen) atoms. The molecule has 0 aromatic heterocycles. The molecule has 1 rings (SSSR count). The number of hydrogen-bond donors (Lipinski definition) is 3. The molecule has 1 heterocycles. The number of ether oxygens (including phenoxy) is 5. The summed E-state index contributed by atoms with van der Waals surface area (Å²) in [5.74, 6) is -3.09. The molecule has 0 spiro atoms. The second kappa shape index (κ2) is 57.4. The molecule has 1 aliphatic rings. The number of allylic oxidation sites excluding steroid dienone is 6. The van der Waals surface area contributed by atoms with Crippen LogP contribution < -0.4 is 0 Å². The van der Waals surface area contributed by atoms with Crippen LogP contribution in [0.4, 0.5) is 0 Å². The molecule has 0 saturated carbocycles. The highest BCUT2D eigenvalue weighted by Gasteiger charge is 2.50. The molecule has 1 fully saturated rings. The van der Waals surface area contributed by atoms with Crippen molar-refractivity contribution < 1.29 is 58.2 Å². The first-order chi connectivity index (χ1) is 39.6. The van der Waals surface area contributed by atoms with E-state index in [9.17, 15) is 34.5 Å². The number of esters is 3. The van der Waals surface area contributed by atoms with E-state index in [1.807, 2.05) is 0 Å². The fourth-order valence-corrected chi connectivity index (χ4v) is 10.6. The summed E-state index contributed by atoms with van der Waals surface area (Å²) in [6, 6.07) is 0. The third kappa shape index (κ3) is 46.9. The first-order valence-corrected chi connectivity index (χ1v) is 34.0. The lowest BCUT2D eigenvalue weighted by atomic mass is 9.98. The molecule has 0 aliphatic carbocycles. The third-order valence-corrected chi connectivity index (χ3v) is 15.7. The van der Waals surface area contributed by atoms with Crippen LogP contribution in [0.5, 0.6) is 0 Å².